The van der Waals surface area contributed by atoms with Crippen LogP contribution in [0.2, 0.25) is 0 Å². The molecule has 1 amide bonds. The van der Waals surface area contributed by atoms with Gasteiger partial charge in [-0.2, -0.15) is 0 Å². The second-order valence-electron chi connectivity index (χ2n) is 8.64. The molecule has 1 spiro atoms. The van der Waals surface area contributed by atoms with Crippen LogP contribution >= 0.6 is 0 Å². The first-order valence-corrected chi connectivity index (χ1v) is 10.8. The summed E-state index contributed by atoms with van der Waals surface area (Å²) in [7, 11) is 0. The van der Waals surface area contributed by atoms with Crippen molar-refractivity contribution in [1.29, 1.82) is 0 Å². The van der Waals surface area contributed by atoms with Gasteiger partial charge in [0.1, 0.15) is 22.9 Å². The Labute approximate surface area is 193 Å². The van der Waals surface area contributed by atoms with Crippen LogP contribution in [0.3, 0.4) is 0 Å². The Kier molecular flexibility index (Phi) is 5.54. The van der Waals surface area contributed by atoms with Crippen LogP contribution < -0.4 is 10.2 Å². The molecule has 3 atom stereocenters. The molecule has 11 heteroatoms. The van der Waals surface area contributed by atoms with Gasteiger partial charge in [-0.1, -0.05) is 29.5 Å². The summed E-state index contributed by atoms with van der Waals surface area (Å²) >= 11 is 0. The highest BCUT2D eigenvalue weighted by Crippen LogP contribution is 2.47. The van der Waals surface area contributed by atoms with E-state index in [0.717, 1.165) is 5.56 Å². The number of aromatic nitrogens is 3. The van der Waals surface area contributed by atoms with E-state index in [9.17, 15) is 9.90 Å². The molecular weight excluding hydrogens is 448 g/mol. The zero-order chi connectivity index (χ0) is 24.0. The number of nitrogens with one attached hydrogen (secondary N) is 1. The molecule has 3 N–H and O–H groups in total. The lowest BCUT2D eigenvalue weighted by Gasteiger charge is -2.21. The maximum atomic E-state index is 15.0. The summed E-state index contributed by atoms with van der Waals surface area (Å²) in [5, 5.41) is 29.9. The Morgan fingerprint density at radius 1 is 1.26 bits per heavy atom. The van der Waals surface area contributed by atoms with Gasteiger partial charge in [0, 0.05) is 19.0 Å². The van der Waals surface area contributed by atoms with E-state index >= 15 is 8.78 Å². The van der Waals surface area contributed by atoms with Gasteiger partial charge in [-0.25, -0.2) is 13.5 Å². The molecular formula is C23H23F2N5O4. The highest BCUT2D eigenvalue weighted by atomic mass is 19.1. The Morgan fingerprint density at radius 3 is 2.59 bits per heavy atom. The predicted molar refractivity (Wildman–Crippen MR) is 116 cm³/mol. The van der Waals surface area contributed by atoms with Gasteiger partial charge in [-0.05, 0) is 23.3 Å². The molecule has 2 fully saturated rings. The third kappa shape index (κ3) is 4.13. The average molecular weight is 471 g/mol. The summed E-state index contributed by atoms with van der Waals surface area (Å²) in [6.07, 6.45) is 0.767. The molecule has 2 heterocycles. The maximum Gasteiger partial charge on any atom is 0.238 e. The van der Waals surface area contributed by atoms with E-state index in [1.807, 2.05) is 0 Å². The van der Waals surface area contributed by atoms with Gasteiger partial charge in [-0.3, -0.25) is 4.79 Å². The minimum atomic E-state index is -1.37. The number of hydrogen-bond acceptors (Lipinski definition) is 7. The minimum Gasteiger partial charge on any atom is -0.390 e. The van der Waals surface area contributed by atoms with E-state index in [0.29, 0.717) is 24.2 Å². The summed E-state index contributed by atoms with van der Waals surface area (Å²) in [5.74, 6) is -1.75. The van der Waals surface area contributed by atoms with Gasteiger partial charge in [0.05, 0.1) is 37.5 Å². The van der Waals surface area contributed by atoms with Gasteiger partial charge in [0.25, 0.3) is 0 Å². The van der Waals surface area contributed by atoms with Gasteiger partial charge in [-0.15, -0.1) is 5.10 Å². The van der Waals surface area contributed by atoms with Gasteiger partial charge in [0.2, 0.25) is 12.3 Å². The van der Waals surface area contributed by atoms with E-state index in [2.05, 4.69) is 15.6 Å². The molecule has 1 aliphatic heterocycles. The summed E-state index contributed by atoms with van der Waals surface area (Å²) in [6, 6.07) is 8.79. The molecule has 2 aromatic carbocycles. The number of hydrogen-bond donors (Lipinski definition) is 3. The molecule has 34 heavy (non-hydrogen) atoms. The molecule has 0 bridgehead atoms. The monoisotopic (exact) mass is 471 g/mol. The number of aliphatic hydroxyl groups is 2. The fourth-order valence-electron chi connectivity index (χ4n) is 4.37. The fourth-order valence-corrected chi connectivity index (χ4v) is 4.37. The standard InChI is InChI=1S/C23H23F2N5O4/c1-13(32)26-20-8-23(20)12-30(22(33)34-23)17-6-18(24)21(19(25)7-17)15-4-2-14(3-5-15)9-29-10-16(11-31)27-28-29/h2-7,10,20,22,31,33H,8-9,11-12H2,1H3,(H,26,32)/t20-,22?,23?/m0/s1. The van der Waals surface area contributed by atoms with E-state index < -0.39 is 23.6 Å². The Bertz CT molecular complexity index is 1210. The van der Waals surface area contributed by atoms with Crippen LogP contribution in [-0.4, -0.2) is 55.7 Å². The number of nitrogens with zero attached hydrogens (tertiary/aromatic N) is 4. The van der Waals surface area contributed by atoms with Gasteiger partial charge >= 0.3 is 0 Å². The van der Waals surface area contributed by atoms with E-state index in [1.165, 1.54) is 24.0 Å². The molecule has 178 valence electrons. The van der Waals surface area contributed by atoms with Crippen LogP contribution in [0.5, 0.6) is 0 Å². The van der Waals surface area contributed by atoms with Crippen LogP contribution in [0, 0.1) is 11.6 Å². The number of benzene rings is 2. The first kappa shape index (κ1) is 22.4. The molecule has 3 aromatic rings. The molecule has 2 aliphatic rings. The Morgan fingerprint density at radius 2 is 1.97 bits per heavy atom. The van der Waals surface area contributed by atoms with Crippen LogP contribution in [0.1, 0.15) is 24.6 Å². The van der Waals surface area contributed by atoms with Crippen molar-refractivity contribution < 1.29 is 28.5 Å². The summed E-state index contributed by atoms with van der Waals surface area (Å²) in [5.41, 5.74) is 0.880. The first-order valence-electron chi connectivity index (χ1n) is 10.8. The molecule has 2 unspecified atom stereocenters. The lowest BCUT2D eigenvalue weighted by atomic mass is 10.0. The van der Waals surface area contributed by atoms with Crippen molar-refractivity contribution in [2.24, 2.45) is 0 Å². The molecule has 1 saturated heterocycles. The minimum absolute atomic E-state index is 0.152. The number of carbonyl (C=O) groups is 1. The first-order chi connectivity index (χ1) is 16.3. The SMILES string of the molecule is CC(=O)N[C@H]1CC12CN(c1cc(F)c(-c3ccc(Cn4cc(CO)nn4)cc3)c(F)c1)C(O)O2. The molecule has 5 rings (SSSR count). The van der Waals surface area contributed by atoms with Crippen molar-refractivity contribution in [3.8, 4) is 11.1 Å². The van der Waals surface area contributed by atoms with Crippen molar-refractivity contribution in [1.82, 2.24) is 20.3 Å². The van der Waals surface area contributed by atoms with Crippen molar-refractivity contribution in [2.75, 3.05) is 11.4 Å². The maximum absolute atomic E-state index is 15.0. The second-order valence-corrected chi connectivity index (χ2v) is 8.64. The number of carbonyl (C=O) groups excluding carboxylic acids is 1. The predicted octanol–water partition coefficient (Wildman–Crippen LogP) is 1.52. The number of anilines is 1. The second kappa shape index (κ2) is 8.42. The number of ether oxygens (including phenoxy) is 1. The molecule has 1 aromatic heterocycles. The third-order valence-electron chi connectivity index (χ3n) is 6.14. The van der Waals surface area contributed by atoms with E-state index in [1.54, 1.807) is 35.1 Å². The van der Waals surface area contributed by atoms with Crippen molar-refractivity contribution in [2.45, 2.75) is 44.6 Å². The number of rotatable bonds is 6. The Balaban J connectivity index is 1.33. The van der Waals surface area contributed by atoms with Crippen LogP contribution in [-0.2, 0) is 22.7 Å². The lowest BCUT2D eigenvalue weighted by molar-refractivity contribution is -0.121. The summed E-state index contributed by atoms with van der Waals surface area (Å²) < 4.78 is 37.2. The molecule has 1 saturated carbocycles. The molecule has 1 aliphatic carbocycles. The van der Waals surface area contributed by atoms with Crippen LogP contribution in [0.4, 0.5) is 14.5 Å². The van der Waals surface area contributed by atoms with Crippen molar-refractivity contribution >= 4 is 11.6 Å². The topological polar surface area (TPSA) is 113 Å². The summed E-state index contributed by atoms with van der Waals surface area (Å²) in [4.78, 5) is 12.7. The average Bonchev–Trinajstić information content (AvgIpc) is 3.09. The normalized spacial score (nSPS) is 23.5. The van der Waals surface area contributed by atoms with Crippen LogP contribution in [0.15, 0.2) is 42.6 Å². The molecule has 9 nitrogen and oxygen atoms in total. The summed E-state index contributed by atoms with van der Waals surface area (Å²) in [6.45, 7) is 1.79. The van der Waals surface area contributed by atoms with Crippen LogP contribution in [0.25, 0.3) is 11.1 Å². The smallest absolute Gasteiger partial charge is 0.238 e. The van der Waals surface area contributed by atoms with Gasteiger partial charge < -0.3 is 25.2 Å². The zero-order valence-corrected chi connectivity index (χ0v) is 18.3. The quantitative estimate of drug-likeness (QED) is 0.500. The number of halogens is 2. The Hall–Kier alpha value is -3.41. The molecule has 0 radical (unpaired) electrons. The number of amides is 1. The lowest BCUT2D eigenvalue weighted by Crippen LogP contribution is -2.33. The number of aliphatic hydroxyl groups excluding tert-OH is 2. The largest absolute Gasteiger partial charge is 0.390 e. The third-order valence-corrected chi connectivity index (χ3v) is 6.14. The highest BCUT2D eigenvalue weighted by Gasteiger charge is 2.62. The fraction of sp³-hybridized carbons (Fsp3) is 0.348. The van der Waals surface area contributed by atoms with Gasteiger partial charge in [0.15, 0.2) is 0 Å². The highest BCUT2D eigenvalue weighted by molar-refractivity contribution is 5.74. The van der Waals surface area contributed by atoms with E-state index in [-0.39, 0.29) is 36.4 Å². The van der Waals surface area contributed by atoms with Crippen molar-refractivity contribution in [3.05, 3.63) is 65.5 Å². The van der Waals surface area contributed by atoms with E-state index in [4.69, 9.17) is 9.84 Å². The van der Waals surface area contributed by atoms with Crippen molar-refractivity contribution in [3.63, 3.8) is 0 Å². The zero-order valence-electron chi connectivity index (χ0n) is 18.3.